The SMILES string of the molecule is COc1cc(C)c(CCC(C)C(=O)O)cc1OC. The molecule has 18 heavy (non-hydrogen) atoms. The second-order valence-electron chi connectivity index (χ2n) is 4.41. The number of benzene rings is 1. The Bertz CT molecular complexity index is 426. The molecular formula is C14H20O4. The van der Waals surface area contributed by atoms with Gasteiger partial charge in [0.15, 0.2) is 11.5 Å². The minimum Gasteiger partial charge on any atom is -0.493 e. The number of methoxy groups -OCH3 is 2. The van der Waals surface area contributed by atoms with Crippen LogP contribution in [-0.4, -0.2) is 25.3 Å². The fraction of sp³-hybridized carbons (Fsp3) is 0.500. The van der Waals surface area contributed by atoms with E-state index in [0.717, 1.165) is 17.5 Å². The van der Waals surface area contributed by atoms with Gasteiger partial charge in [-0.1, -0.05) is 6.92 Å². The zero-order valence-corrected chi connectivity index (χ0v) is 11.3. The number of carboxylic acids is 1. The van der Waals surface area contributed by atoms with Crippen LogP contribution in [0.15, 0.2) is 12.1 Å². The van der Waals surface area contributed by atoms with Crippen molar-refractivity contribution in [3.63, 3.8) is 0 Å². The third-order valence-electron chi connectivity index (χ3n) is 3.11. The molecule has 0 aliphatic carbocycles. The first kappa shape index (κ1) is 14.4. The molecule has 0 heterocycles. The molecule has 0 amide bonds. The maximum absolute atomic E-state index is 10.8. The molecule has 0 saturated heterocycles. The van der Waals surface area contributed by atoms with Gasteiger partial charge < -0.3 is 14.6 Å². The minimum atomic E-state index is -0.756. The van der Waals surface area contributed by atoms with E-state index in [2.05, 4.69) is 0 Å². The lowest BCUT2D eigenvalue weighted by Crippen LogP contribution is -2.10. The van der Waals surface area contributed by atoms with E-state index in [0.29, 0.717) is 17.9 Å². The van der Waals surface area contributed by atoms with Crippen molar-refractivity contribution in [3.8, 4) is 11.5 Å². The van der Waals surface area contributed by atoms with Crippen LogP contribution in [0.5, 0.6) is 11.5 Å². The van der Waals surface area contributed by atoms with Gasteiger partial charge in [-0.05, 0) is 43.0 Å². The summed E-state index contributed by atoms with van der Waals surface area (Å²) in [5.74, 6) is 0.289. The number of aliphatic carboxylic acids is 1. The van der Waals surface area contributed by atoms with Crippen LogP contribution in [0.25, 0.3) is 0 Å². The largest absolute Gasteiger partial charge is 0.493 e. The van der Waals surface area contributed by atoms with Crippen molar-refractivity contribution in [1.82, 2.24) is 0 Å². The zero-order valence-electron chi connectivity index (χ0n) is 11.3. The number of ether oxygens (including phenoxy) is 2. The highest BCUT2D eigenvalue weighted by Crippen LogP contribution is 2.31. The molecule has 0 aromatic heterocycles. The lowest BCUT2D eigenvalue weighted by molar-refractivity contribution is -0.141. The molecule has 1 unspecified atom stereocenters. The first-order chi connectivity index (χ1) is 8.49. The lowest BCUT2D eigenvalue weighted by Gasteiger charge is -2.13. The van der Waals surface area contributed by atoms with E-state index in [1.807, 2.05) is 19.1 Å². The molecule has 0 bridgehead atoms. The van der Waals surface area contributed by atoms with Crippen molar-refractivity contribution >= 4 is 5.97 Å². The van der Waals surface area contributed by atoms with Gasteiger partial charge >= 0.3 is 5.97 Å². The molecule has 1 rings (SSSR count). The van der Waals surface area contributed by atoms with Crippen LogP contribution in [0.3, 0.4) is 0 Å². The summed E-state index contributed by atoms with van der Waals surface area (Å²) in [5, 5.41) is 8.87. The molecule has 100 valence electrons. The summed E-state index contributed by atoms with van der Waals surface area (Å²) >= 11 is 0. The normalized spacial score (nSPS) is 12.0. The molecule has 0 aliphatic heterocycles. The number of carbonyl (C=O) groups is 1. The summed E-state index contributed by atoms with van der Waals surface area (Å²) in [6.07, 6.45) is 1.34. The molecular weight excluding hydrogens is 232 g/mol. The van der Waals surface area contributed by atoms with Crippen LogP contribution in [-0.2, 0) is 11.2 Å². The third-order valence-corrected chi connectivity index (χ3v) is 3.11. The standard InChI is InChI=1S/C14H20O4/c1-9(14(15)16)5-6-11-8-13(18-4)12(17-3)7-10(11)2/h7-9H,5-6H2,1-4H3,(H,15,16). The van der Waals surface area contributed by atoms with Crippen molar-refractivity contribution in [2.24, 2.45) is 5.92 Å². The summed E-state index contributed by atoms with van der Waals surface area (Å²) in [6, 6.07) is 3.84. The average molecular weight is 252 g/mol. The van der Waals surface area contributed by atoms with E-state index in [1.165, 1.54) is 0 Å². The van der Waals surface area contributed by atoms with E-state index < -0.39 is 5.97 Å². The minimum absolute atomic E-state index is 0.336. The van der Waals surface area contributed by atoms with Gasteiger partial charge in [0.25, 0.3) is 0 Å². The predicted molar refractivity (Wildman–Crippen MR) is 69.4 cm³/mol. The summed E-state index contributed by atoms with van der Waals surface area (Å²) in [5.41, 5.74) is 2.19. The molecule has 0 aliphatic rings. The van der Waals surface area contributed by atoms with Crippen molar-refractivity contribution < 1.29 is 19.4 Å². The fourth-order valence-electron chi connectivity index (χ4n) is 1.79. The predicted octanol–water partition coefficient (Wildman–Crippen LogP) is 2.67. The molecule has 0 fully saturated rings. The monoisotopic (exact) mass is 252 g/mol. The van der Waals surface area contributed by atoms with Gasteiger partial charge in [-0.15, -0.1) is 0 Å². The van der Waals surface area contributed by atoms with Crippen LogP contribution < -0.4 is 9.47 Å². The Morgan fingerprint density at radius 3 is 2.33 bits per heavy atom. The second-order valence-corrected chi connectivity index (χ2v) is 4.41. The molecule has 0 saturated carbocycles. The molecule has 4 nitrogen and oxygen atoms in total. The van der Waals surface area contributed by atoms with Crippen LogP contribution in [0.4, 0.5) is 0 Å². The highest BCUT2D eigenvalue weighted by atomic mass is 16.5. The van der Waals surface area contributed by atoms with Gasteiger partial charge in [-0.3, -0.25) is 4.79 Å². The van der Waals surface area contributed by atoms with Gasteiger partial charge in [0.2, 0.25) is 0 Å². The molecule has 1 atom stereocenters. The van der Waals surface area contributed by atoms with E-state index in [1.54, 1.807) is 21.1 Å². The van der Waals surface area contributed by atoms with Crippen molar-refractivity contribution in [1.29, 1.82) is 0 Å². The van der Waals surface area contributed by atoms with Crippen LogP contribution in [0.2, 0.25) is 0 Å². The molecule has 0 spiro atoms. The molecule has 1 N–H and O–H groups in total. The number of carboxylic acid groups (broad SMARTS) is 1. The summed E-state index contributed by atoms with van der Waals surface area (Å²) in [4.78, 5) is 10.8. The summed E-state index contributed by atoms with van der Waals surface area (Å²) in [6.45, 7) is 3.71. The highest BCUT2D eigenvalue weighted by Gasteiger charge is 2.13. The van der Waals surface area contributed by atoms with Crippen LogP contribution in [0.1, 0.15) is 24.5 Å². The average Bonchev–Trinajstić information content (AvgIpc) is 2.36. The van der Waals surface area contributed by atoms with Gasteiger partial charge in [0.05, 0.1) is 20.1 Å². The van der Waals surface area contributed by atoms with Crippen molar-refractivity contribution in [2.45, 2.75) is 26.7 Å². The summed E-state index contributed by atoms with van der Waals surface area (Å²) in [7, 11) is 3.19. The van der Waals surface area contributed by atoms with Crippen molar-refractivity contribution in [3.05, 3.63) is 23.3 Å². The Morgan fingerprint density at radius 2 is 1.83 bits per heavy atom. The molecule has 1 aromatic rings. The number of rotatable bonds is 6. The highest BCUT2D eigenvalue weighted by molar-refractivity contribution is 5.69. The maximum Gasteiger partial charge on any atom is 0.306 e. The lowest BCUT2D eigenvalue weighted by atomic mass is 9.97. The van der Waals surface area contributed by atoms with Gasteiger partial charge in [0.1, 0.15) is 0 Å². The van der Waals surface area contributed by atoms with Crippen LogP contribution >= 0.6 is 0 Å². The maximum atomic E-state index is 10.8. The van der Waals surface area contributed by atoms with E-state index in [9.17, 15) is 4.79 Å². The van der Waals surface area contributed by atoms with E-state index in [4.69, 9.17) is 14.6 Å². The Morgan fingerprint density at radius 1 is 1.28 bits per heavy atom. The Balaban J connectivity index is 2.86. The fourth-order valence-corrected chi connectivity index (χ4v) is 1.79. The van der Waals surface area contributed by atoms with Gasteiger partial charge in [0, 0.05) is 0 Å². The second kappa shape index (κ2) is 6.28. The molecule has 4 heteroatoms. The van der Waals surface area contributed by atoms with Crippen molar-refractivity contribution in [2.75, 3.05) is 14.2 Å². The van der Waals surface area contributed by atoms with Gasteiger partial charge in [-0.2, -0.15) is 0 Å². The first-order valence-electron chi connectivity index (χ1n) is 5.94. The molecule has 0 radical (unpaired) electrons. The smallest absolute Gasteiger partial charge is 0.306 e. The van der Waals surface area contributed by atoms with E-state index >= 15 is 0 Å². The summed E-state index contributed by atoms with van der Waals surface area (Å²) < 4.78 is 10.5. The Labute approximate surface area is 108 Å². The number of hydrogen-bond donors (Lipinski definition) is 1. The number of hydrogen-bond acceptors (Lipinski definition) is 3. The molecule has 1 aromatic carbocycles. The van der Waals surface area contributed by atoms with E-state index in [-0.39, 0.29) is 5.92 Å². The Hall–Kier alpha value is -1.71. The Kier molecular flexibility index (Phi) is 5.01. The third kappa shape index (κ3) is 3.39. The van der Waals surface area contributed by atoms with Gasteiger partial charge in [-0.25, -0.2) is 0 Å². The number of aryl methyl sites for hydroxylation is 2. The topological polar surface area (TPSA) is 55.8 Å². The quantitative estimate of drug-likeness (QED) is 0.845. The van der Waals surface area contributed by atoms with Crippen LogP contribution in [0, 0.1) is 12.8 Å². The first-order valence-corrected chi connectivity index (χ1v) is 5.94. The zero-order chi connectivity index (χ0) is 13.7.